The van der Waals surface area contributed by atoms with Crippen molar-refractivity contribution >= 4 is 41.9 Å². The van der Waals surface area contributed by atoms with E-state index in [0.29, 0.717) is 10.6 Å². The molecule has 0 saturated heterocycles. The zero-order chi connectivity index (χ0) is 13.0. The van der Waals surface area contributed by atoms with Crippen LogP contribution in [0.4, 0.5) is 0 Å². The molecule has 1 atom stereocenters. The molecule has 0 N–H and O–H groups in total. The molecule has 0 fully saturated rings. The molecule has 1 rings (SSSR count). The minimum absolute atomic E-state index is 0.0625. The summed E-state index contributed by atoms with van der Waals surface area (Å²) in [5.74, 6) is 0.841. The number of nitrogens with zero attached hydrogens (tertiary/aromatic N) is 1. The molecule has 1 aromatic carbocycles. The first-order valence-electron chi connectivity index (χ1n) is 5.22. The van der Waals surface area contributed by atoms with Crippen LogP contribution in [0.5, 0.6) is 0 Å². The van der Waals surface area contributed by atoms with Gasteiger partial charge in [0.1, 0.15) is 0 Å². The van der Waals surface area contributed by atoms with Gasteiger partial charge in [-0.3, -0.25) is 4.79 Å². The van der Waals surface area contributed by atoms with Crippen LogP contribution in [0.15, 0.2) is 23.1 Å². The highest BCUT2D eigenvalue weighted by Gasteiger charge is 2.19. The summed E-state index contributed by atoms with van der Waals surface area (Å²) in [6.45, 7) is 2.02. The summed E-state index contributed by atoms with van der Waals surface area (Å²) in [6.07, 6.45) is 2.02. The van der Waals surface area contributed by atoms with Gasteiger partial charge in [-0.25, -0.2) is 0 Å². The molecule has 1 unspecified atom stereocenters. The molecule has 0 spiro atoms. The first kappa shape index (κ1) is 14.7. The average Bonchev–Trinajstić information content (AvgIpc) is 2.30. The number of carbonyl (C=O) groups is 1. The van der Waals surface area contributed by atoms with Crippen molar-refractivity contribution in [3.63, 3.8) is 0 Å². The molecule has 0 aromatic heterocycles. The van der Waals surface area contributed by atoms with Crippen molar-refractivity contribution in [3.05, 3.63) is 28.8 Å². The molecule has 0 radical (unpaired) electrons. The fraction of sp³-hybridized carbons (Fsp3) is 0.417. The average molecular weight is 290 g/mol. The van der Waals surface area contributed by atoms with Gasteiger partial charge in [-0.15, -0.1) is 12.6 Å². The SMILES string of the molecule is CSCC(C)N(C)C(=O)c1cc(S)ccc1Cl. The predicted octanol–water partition coefficient (Wildman–Crippen LogP) is 3.45. The number of carbonyl (C=O) groups excluding carboxylic acids is 1. The van der Waals surface area contributed by atoms with Crippen LogP contribution in [0, 0.1) is 0 Å². The van der Waals surface area contributed by atoms with Gasteiger partial charge in [0.05, 0.1) is 10.6 Å². The Labute approximate surface area is 117 Å². The summed E-state index contributed by atoms with van der Waals surface area (Å²) in [5, 5.41) is 0.469. The Morgan fingerprint density at radius 1 is 1.59 bits per heavy atom. The molecule has 0 saturated carbocycles. The van der Waals surface area contributed by atoms with Gasteiger partial charge in [-0.05, 0) is 31.4 Å². The second-order valence-electron chi connectivity index (χ2n) is 3.88. The number of benzene rings is 1. The van der Waals surface area contributed by atoms with E-state index in [1.54, 1.807) is 41.9 Å². The lowest BCUT2D eigenvalue weighted by atomic mass is 10.2. The molecule has 0 bridgehead atoms. The molecule has 5 heteroatoms. The molecule has 17 heavy (non-hydrogen) atoms. The maximum absolute atomic E-state index is 12.2. The predicted molar refractivity (Wildman–Crippen MR) is 78.6 cm³/mol. The number of thiol groups is 1. The second-order valence-corrected chi connectivity index (χ2v) is 5.72. The molecule has 0 aliphatic rings. The standard InChI is InChI=1S/C12H16ClNOS2/c1-8(7-17-3)14(2)12(15)10-6-9(16)4-5-11(10)13/h4-6,8,16H,7H2,1-3H3. The van der Waals surface area contributed by atoms with Gasteiger partial charge >= 0.3 is 0 Å². The summed E-state index contributed by atoms with van der Waals surface area (Å²) in [6, 6.07) is 5.35. The van der Waals surface area contributed by atoms with Crippen molar-refractivity contribution in [2.45, 2.75) is 17.9 Å². The minimum atomic E-state index is -0.0625. The highest BCUT2D eigenvalue weighted by Crippen LogP contribution is 2.21. The smallest absolute Gasteiger partial charge is 0.255 e. The Balaban J connectivity index is 2.92. The number of hydrogen-bond acceptors (Lipinski definition) is 3. The van der Waals surface area contributed by atoms with Gasteiger partial charge < -0.3 is 4.90 Å². The van der Waals surface area contributed by atoms with Crippen LogP contribution < -0.4 is 0 Å². The van der Waals surface area contributed by atoms with Crippen LogP contribution in [-0.2, 0) is 0 Å². The first-order valence-corrected chi connectivity index (χ1v) is 7.44. The van der Waals surface area contributed by atoms with E-state index in [0.717, 1.165) is 10.6 Å². The normalized spacial score (nSPS) is 12.3. The van der Waals surface area contributed by atoms with E-state index in [-0.39, 0.29) is 11.9 Å². The number of rotatable bonds is 4. The lowest BCUT2D eigenvalue weighted by Crippen LogP contribution is -2.36. The van der Waals surface area contributed by atoms with Crippen LogP contribution in [-0.4, -0.2) is 35.9 Å². The molecule has 0 heterocycles. The second kappa shape index (κ2) is 6.57. The third-order valence-electron chi connectivity index (χ3n) is 2.57. The zero-order valence-corrected chi connectivity index (χ0v) is 12.6. The van der Waals surface area contributed by atoms with Crippen LogP contribution in [0.25, 0.3) is 0 Å². The number of halogens is 1. The van der Waals surface area contributed by atoms with Gasteiger partial charge in [0.2, 0.25) is 0 Å². The largest absolute Gasteiger partial charge is 0.338 e. The summed E-state index contributed by atoms with van der Waals surface area (Å²) in [7, 11) is 1.80. The van der Waals surface area contributed by atoms with Crippen molar-refractivity contribution < 1.29 is 4.79 Å². The first-order chi connectivity index (χ1) is 7.97. The summed E-state index contributed by atoms with van der Waals surface area (Å²) < 4.78 is 0. The van der Waals surface area contributed by atoms with E-state index in [9.17, 15) is 4.79 Å². The van der Waals surface area contributed by atoms with Gasteiger partial charge in [-0.2, -0.15) is 11.8 Å². The molecule has 1 aromatic rings. The van der Waals surface area contributed by atoms with Crippen molar-refractivity contribution in [2.24, 2.45) is 0 Å². The van der Waals surface area contributed by atoms with Crippen LogP contribution in [0.1, 0.15) is 17.3 Å². The number of hydrogen-bond donors (Lipinski definition) is 1. The topological polar surface area (TPSA) is 20.3 Å². The highest BCUT2D eigenvalue weighted by molar-refractivity contribution is 7.98. The Kier molecular flexibility index (Phi) is 5.70. The fourth-order valence-electron chi connectivity index (χ4n) is 1.42. The van der Waals surface area contributed by atoms with Gasteiger partial charge in [0.15, 0.2) is 0 Å². The Morgan fingerprint density at radius 3 is 2.82 bits per heavy atom. The van der Waals surface area contributed by atoms with Gasteiger partial charge in [0.25, 0.3) is 5.91 Å². The van der Waals surface area contributed by atoms with Crippen LogP contribution in [0.3, 0.4) is 0 Å². The maximum atomic E-state index is 12.2. The molecule has 1 amide bonds. The monoisotopic (exact) mass is 289 g/mol. The van der Waals surface area contributed by atoms with E-state index in [4.69, 9.17) is 11.6 Å². The fourth-order valence-corrected chi connectivity index (χ4v) is 2.53. The minimum Gasteiger partial charge on any atom is -0.338 e. The third kappa shape index (κ3) is 3.83. The third-order valence-corrected chi connectivity index (χ3v) is 3.99. The van der Waals surface area contributed by atoms with E-state index in [1.165, 1.54) is 0 Å². The van der Waals surface area contributed by atoms with E-state index in [2.05, 4.69) is 12.6 Å². The molecular formula is C12H16ClNOS2. The lowest BCUT2D eigenvalue weighted by molar-refractivity contribution is 0.0757. The van der Waals surface area contributed by atoms with E-state index >= 15 is 0 Å². The maximum Gasteiger partial charge on any atom is 0.255 e. The van der Waals surface area contributed by atoms with Gasteiger partial charge in [-0.1, -0.05) is 11.6 Å². The summed E-state index contributed by atoms with van der Waals surface area (Å²) >= 11 is 12.0. The van der Waals surface area contributed by atoms with Crippen molar-refractivity contribution in [3.8, 4) is 0 Å². The Hall–Kier alpha value is -0.320. The van der Waals surface area contributed by atoms with Crippen molar-refractivity contribution in [1.29, 1.82) is 0 Å². The Morgan fingerprint density at radius 2 is 2.24 bits per heavy atom. The molecule has 94 valence electrons. The van der Waals surface area contributed by atoms with E-state index < -0.39 is 0 Å². The van der Waals surface area contributed by atoms with Crippen LogP contribution >= 0.6 is 36.0 Å². The van der Waals surface area contributed by atoms with Crippen molar-refractivity contribution in [2.75, 3.05) is 19.1 Å². The molecule has 0 aliphatic carbocycles. The van der Waals surface area contributed by atoms with Crippen molar-refractivity contribution in [1.82, 2.24) is 4.90 Å². The Bertz CT molecular complexity index is 411. The summed E-state index contributed by atoms with van der Waals surface area (Å²) in [4.78, 5) is 14.7. The lowest BCUT2D eigenvalue weighted by Gasteiger charge is -2.24. The highest BCUT2D eigenvalue weighted by atomic mass is 35.5. The molecule has 0 aliphatic heterocycles. The van der Waals surface area contributed by atoms with Crippen LogP contribution in [0.2, 0.25) is 5.02 Å². The molecular weight excluding hydrogens is 274 g/mol. The van der Waals surface area contributed by atoms with E-state index in [1.807, 2.05) is 13.2 Å². The quantitative estimate of drug-likeness (QED) is 0.857. The van der Waals surface area contributed by atoms with Gasteiger partial charge in [0, 0.05) is 23.7 Å². The zero-order valence-electron chi connectivity index (χ0n) is 10.1. The number of amides is 1. The summed E-state index contributed by atoms with van der Waals surface area (Å²) in [5.41, 5.74) is 0.509. The molecule has 2 nitrogen and oxygen atoms in total. The number of thioether (sulfide) groups is 1.